The summed E-state index contributed by atoms with van der Waals surface area (Å²) in [5, 5.41) is 14.0. The molecule has 2 rings (SSSR count). The Morgan fingerprint density at radius 3 is 2.58 bits per heavy atom. The number of anilines is 1. The minimum atomic E-state index is -0.367. The number of benzene rings is 1. The lowest BCUT2D eigenvalue weighted by atomic mass is 10.1. The first kappa shape index (κ1) is 24.3. The molecule has 0 aliphatic carbocycles. The normalized spacial score (nSPS) is 11.5. The molecule has 1 amide bonds. The fourth-order valence-corrected chi connectivity index (χ4v) is 3.32. The average Bonchev–Trinajstić information content (AvgIpc) is 2.69. The van der Waals surface area contributed by atoms with Crippen molar-refractivity contribution in [2.75, 3.05) is 11.9 Å². The van der Waals surface area contributed by atoms with E-state index in [1.54, 1.807) is 22.8 Å². The highest BCUT2D eigenvalue weighted by Crippen LogP contribution is 2.33. The molecule has 168 valence electrons. The number of nitrogens with one attached hydrogen (secondary N) is 1. The third-order valence-electron chi connectivity index (χ3n) is 5.00. The Morgan fingerprint density at radius 1 is 1.19 bits per heavy atom. The highest BCUT2D eigenvalue weighted by Gasteiger charge is 2.18. The van der Waals surface area contributed by atoms with Gasteiger partial charge in [-0.25, -0.2) is 0 Å². The Labute approximate surface area is 184 Å². The number of nitrogens with zero attached hydrogens (tertiary/aromatic N) is 1. The number of allylic oxidation sites excluding steroid dienone is 3. The Kier molecular flexibility index (Phi) is 8.91. The van der Waals surface area contributed by atoms with Crippen LogP contribution in [0.25, 0.3) is 10.9 Å². The molecule has 6 heteroatoms. The van der Waals surface area contributed by atoms with Gasteiger partial charge in [-0.1, -0.05) is 30.6 Å². The van der Waals surface area contributed by atoms with Crippen LogP contribution in [0.15, 0.2) is 46.3 Å². The van der Waals surface area contributed by atoms with Gasteiger partial charge in [-0.3, -0.25) is 9.59 Å². The van der Waals surface area contributed by atoms with Crippen molar-refractivity contribution in [3.8, 4) is 11.5 Å². The second kappa shape index (κ2) is 11.4. The molecule has 2 aromatic rings. The van der Waals surface area contributed by atoms with Crippen LogP contribution < -0.4 is 15.6 Å². The molecule has 0 bridgehead atoms. The Balaban J connectivity index is 2.37. The zero-order chi connectivity index (χ0) is 23.0. The number of fused-ring (bicyclic) bond motifs is 1. The lowest BCUT2D eigenvalue weighted by Gasteiger charge is -2.16. The number of aromatic hydroxyl groups is 1. The van der Waals surface area contributed by atoms with Crippen molar-refractivity contribution in [1.82, 2.24) is 4.57 Å². The second-order valence-corrected chi connectivity index (χ2v) is 8.08. The van der Waals surface area contributed by atoms with Crippen LogP contribution in [-0.4, -0.2) is 22.2 Å². The van der Waals surface area contributed by atoms with E-state index in [1.807, 2.05) is 13.0 Å². The number of aryl methyl sites for hydroxylation is 1. The summed E-state index contributed by atoms with van der Waals surface area (Å²) in [4.78, 5) is 24.5. The predicted octanol–water partition coefficient (Wildman–Crippen LogP) is 5.54. The molecule has 0 aliphatic rings. The van der Waals surface area contributed by atoms with Crippen molar-refractivity contribution >= 4 is 22.5 Å². The zero-order valence-electron chi connectivity index (χ0n) is 19.2. The van der Waals surface area contributed by atoms with Crippen LogP contribution in [0, 0.1) is 0 Å². The van der Waals surface area contributed by atoms with Crippen LogP contribution >= 0.6 is 0 Å². The summed E-state index contributed by atoms with van der Waals surface area (Å²) < 4.78 is 7.36. The van der Waals surface area contributed by atoms with Gasteiger partial charge in [0, 0.05) is 24.5 Å². The average molecular weight is 427 g/mol. The molecule has 31 heavy (non-hydrogen) atoms. The van der Waals surface area contributed by atoms with Crippen molar-refractivity contribution in [1.29, 1.82) is 0 Å². The van der Waals surface area contributed by atoms with Crippen LogP contribution in [0.3, 0.4) is 0 Å². The van der Waals surface area contributed by atoms with E-state index < -0.39 is 0 Å². The smallest absolute Gasteiger partial charge is 0.297 e. The number of aromatic nitrogens is 1. The third kappa shape index (κ3) is 6.74. The minimum Gasteiger partial charge on any atom is -0.504 e. The first-order valence-electron chi connectivity index (χ1n) is 10.8. The van der Waals surface area contributed by atoms with Crippen molar-refractivity contribution in [2.45, 2.75) is 66.8 Å². The number of ether oxygens (including phenoxy) is 1. The fourth-order valence-electron chi connectivity index (χ4n) is 3.32. The molecule has 0 fully saturated rings. The number of amides is 1. The van der Waals surface area contributed by atoms with Gasteiger partial charge in [0.2, 0.25) is 11.7 Å². The van der Waals surface area contributed by atoms with Gasteiger partial charge in [-0.2, -0.15) is 0 Å². The van der Waals surface area contributed by atoms with E-state index in [4.69, 9.17) is 4.74 Å². The lowest BCUT2D eigenvalue weighted by Crippen LogP contribution is -2.23. The molecular formula is C25H34N2O4. The van der Waals surface area contributed by atoms with Gasteiger partial charge in [-0.05, 0) is 64.3 Å². The fraction of sp³-hybridized carbons (Fsp3) is 0.440. The van der Waals surface area contributed by atoms with E-state index in [1.165, 1.54) is 18.1 Å². The van der Waals surface area contributed by atoms with Crippen LogP contribution in [0.5, 0.6) is 11.5 Å². The monoisotopic (exact) mass is 426 g/mol. The zero-order valence-corrected chi connectivity index (χ0v) is 19.2. The highest BCUT2D eigenvalue weighted by molar-refractivity contribution is 5.94. The van der Waals surface area contributed by atoms with Crippen molar-refractivity contribution < 1.29 is 14.6 Å². The van der Waals surface area contributed by atoms with Gasteiger partial charge < -0.3 is 19.7 Å². The number of unbranched alkanes of at least 4 members (excludes halogenated alkanes) is 1. The standard InChI is InChI=1S/C25H34N2O4/c1-6-7-14-27-22-16-20(26-19(5)28)11-12-21(22)23(29)24(25(27)30)31-15-13-18(4)10-8-9-17(2)3/h9,11-13,16,29H,6-8,10,14-15H2,1-5H3,(H,26,28). The van der Waals surface area contributed by atoms with Crippen LogP contribution in [0.4, 0.5) is 5.69 Å². The molecule has 1 aromatic carbocycles. The molecule has 6 nitrogen and oxygen atoms in total. The summed E-state index contributed by atoms with van der Waals surface area (Å²) in [6.45, 7) is 10.4. The first-order valence-corrected chi connectivity index (χ1v) is 10.8. The van der Waals surface area contributed by atoms with E-state index in [9.17, 15) is 14.7 Å². The number of carbonyl (C=O) groups excluding carboxylic acids is 1. The highest BCUT2D eigenvalue weighted by atomic mass is 16.5. The summed E-state index contributed by atoms with van der Waals surface area (Å²) in [6.07, 6.45) is 7.75. The van der Waals surface area contributed by atoms with Crippen molar-refractivity contribution in [3.63, 3.8) is 0 Å². The Bertz CT molecular complexity index is 1040. The Hall–Kier alpha value is -3.02. The van der Waals surface area contributed by atoms with Crippen LogP contribution in [0.1, 0.15) is 60.3 Å². The summed E-state index contributed by atoms with van der Waals surface area (Å²) in [7, 11) is 0. The van der Waals surface area contributed by atoms with Crippen molar-refractivity contribution in [2.24, 2.45) is 0 Å². The maximum atomic E-state index is 13.1. The topological polar surface area (TPSA) is 80.6 Å². The van der Waals surface area contributed by atoms with E-state index in [-0.39, 0.29) is 29.6 Å². The minimum absolute atomic E-state index is 0.0378. The molecule has 1 heterocycles. The van der Waals surface area contributed by atoms with Crippen molar-refractivity contribution in [3.05, 3.63) is 51.9 Å². The quantitative estimate of drug-likeness (QED) is 0.489. The predicted molar refractivity (Wildman–Crippen MR) is 127 cm³/mol. The molecule has 0 atom stereocenters. The molecule has 0 radical (unpaired) electrons. The molecule has 0 saturated heterocycles. The van der Waals surface area contributed by atoms with Crippen LogP contribution in [0.2, 0.25) is 0 Å². The van der Waals surface area contributed by atoms with E-state index in [0.29, 0.717) is 23.1 Å². The summed E-state index contributed by atoms with van der Waals surface area (Å²) in [5.74, 6) is -0.403. The van der Waals surface area contributed by atoms with E-state index in [0.717, 1.165) is 25.7 Å². The molecule has 2 N–H and O–H groups in total. The van der Waals surface area contributed by atoms with Gasteiger partial charge in [0.15, 0.2) is 5.75 Å². The molecule has 1 aromatic heterocycles. The van der Waals surface area contributed by atoms with E-state index in [2.05, 4.69) is 32.2 Å². The maximum absolute atomic E-state index is 13.1. The largest absolute Gasteiger partial charge is 0.504 e. The molecule has 0 spiro atoms. The Morgan fingerprint density at radius 2 is 1.94 bits per heavy atom. The number of carbonyl (C=O) groups is 1. The van der Waals surface area contributed by atoms with Gasteiger partial charge in [0.05, 0.1) is 5.52 Å². The van der Waals surface area contributed by atoms with Gasteiger partial charge in [0.1, 0.15) is 6.61 Å². The van der Waals surface area contributed by atoms with Crippen LogP contribution in [-0.2, 0) is 11.3 Å². The number of rotatable bonds is 10. The number of pyridine rings is 1. The SMILES string of the molecule is CCCCn1c(=O)c(OCC=C(C)CCC=C(C)C)c(O)c2ccc(NC(C)=O)cc21. The first-order chi connectivity index (χ1) is 14.7. The molecule has 0 saturated carbocycles. The summed E-state index contributed by atoms with van der Waals surface area (Å²) in [6, 6.07) is 5.12. The van der Waals surface area contributed by atoms with Gasteiger partial charge in [0.25, 0.3) is 5.56 Å². The molecule has 0 aliphatic heterocycles. The maximum Gasteiger partial charge on any atom is 0.297 e. The molecular weight excluding hydrogens is 392 g/mol. The van der Waals surface area contributed by atoms with E-state index >= 15 is 0 Å². The summed E-state index contributed by atoms with van der Waals surface area (Å²) >= 11 is 0. The van der Waals surface area contributed by atoms with Gasteiger partial charge in [-0.15, -0.1) is 0 Å². The second-order valence-electron chi connectivity index (χ2n) is 8.08. The number of hydrogen-bond donors (Lipinski definition) is 2. The lowest BCUT2D eigenvalue weighted by molar-refractivity contribution is -0.114. The number of hydrogen-bond acceptors (Lipinski definition) is 4. The molecule has 0 unspecified atom stereocenters. The third-order valence-corrected chi connectivity index (χ3v) is 5.00. The van der Waals surface area contributed by atoms with Gasteiger partial charge >= 0.3 is 0 Å². The summed E-state index contributed by atoms with van der Waals surface area (Å²) in [5.41, 5.74) is 3.24.